The Bertz CT molecular complexity index is 588. The zero-order chi connectivity index (χ0) is 16.2. The smallest absolute Gasteiger partial charge is 0.335 e. The monoisotopic (exact) mass is 288 g/mol. The summed E-state index contributed by atoms with van der Waals surface area (Å²) in [6.45, 7) is 11.7. The number of anilines is 1. The molecule has 0 heterocycles. The van der Waals surface area contributed by atoms with Crippen LogP contribution < -0.4 is 5.32 Å². The predicted molar refractivity (Wildman–Crippen MR) is 86.8 cm³/mol. The average molecular weight is 288 g/mol. The lowest BCUT2D eigenvalue weighted by Crippen LogP contribution is -2.23. The molecule has 114 valence electrons. The van der Waals surface area contributed by atoms with Gasteiger partial charge in [-0.1, -0.05) is 24.3 Å². The Hall–Kier alpha value is -2.23. The molecule has 1 N–H and O–H groups in total. The Morgan fingerprint density at radius 3 is 2.43 bits per heavy atom. The number of nitrogens with zero attached hydrogens (tertiary/aromatic N) is 1. The van der Waals surface area contributed by atoms with Crippen LogP contribution in [0.5, 0.6) is 0 Å². The van der Waals surface area contributed by atoms with Crippen molar-refractivity contribution in [2.24, 2.45) is 0 Å². The molecule has 21 heavy (non-hydrogen) atoms. The Morgan fingerprint density at radius 2 is 1.90 bits per heavy atom. The quantitative estimate of drug-likeness (QED) is 0.664. The first-order valence-corrected chi connectivity index (χ1v) is 6.80. The summed E-state index contributed by atoms with van der Waals surface area (Å²) in [5.74, 6) is 0.362. The lowest BCUT2D eigenvalue weighted by molar-refractivity contribution is -0.136. The van der Waals surface area contributed by atoms with Crippen LogP contribution in [0.25, 0.3) is 0 Å². The molecule has 0 bridgehead atoms. The van der Waals surface area contributed by atoms with Crippen molar-refractivity contribution in [1.29, 1.82) is 0 Å². The minimum absolute atomic E-state index is 0.335. The van der Waals surface area contributed by atoms with Gasteiger partial charge in [-0.05, 0) is 39.3 Å². The second-order valence-electron chi connectivity index (χ2n) is 5.15. The first kappa shape index (κ1) is 16.8. The van der Waals surface area contributed by atoms with Crippen molar-refractivity contribution in [2.45, 2.75) is 27.7 Å². The number of benzene rings is 1. The average Bonchev–Trinajstić information content (AvgIpc) is 2.46. The molecule has 0 saturated carbocycles. The van der Waals surface area contributed by atoms with E-state index < -0.39 is 0 Å². The van der Waals surface area contributed by atoms with E-state index in [0.29, 0.717) is 11.4 Å². The predicted octanol–water partition coefficient (Wildman–Crippen LogP) is 3.59. The van der Waals surface area contributed by atoms with Gasteiger partial charge in [-0.25, -0.2) is 4.79 Å². The lowest BCUT2D eigenvalue weighted by Gasteiger charge is -2.25. The highest BCUT2D eigenvalue weighted by Gasteiger charge is 2.13. The van der Waals surface area contributed by atoms with Gasteiger partial charge >= 0.3 is 5.97 Å². The summed E-state index contributed by atoms with van der Waals surface area (Å²) in [7, 11) is 3.24. The van der Waals surface area contributed by atoms with E-state index >= 15 is 0 Å². The second kappa shape index (κ2) is 6.97. The highest BCUT2D eigenvalue weighted by molar-refractivity contribution is 5.88. The van der Waals surface area contributed by atoms with E-state index in [-0.39, 0.29) is 5.97 Å². The number of allylic oxidation sites excluding steroid dienone is 1. The number of hydrogen-bond donors (Lipinski definition) is 1. The lowest BCUT2D eigenvalue weighted by atomic mass is 10.1. The molecule has 1 aromatic rings. The standard InChI is InChI=1S/C17H24N2O2/c1-11-8-9-16(12(2)10-11)18-15(5)19(6)14(4)13(3)17(20)21-7/h8-10,18H,5H2,1-4,6-7H3/b14-13+. The van der Waals surface area contributed by atoms with Gasteiger partial charge < -0.3 is 15.0 Å². The number of carbonyl (C=O) groups excluding carboxylic acids is 1. The van der Waals surface area contributed by atoms with Gasteiger partial charge in [-0.2, -0.15) is 0 Å². The first-order valence-electron chi connectivity index (χ1n) is 6.80. The molecule has 4 nitrogen and oxygen atoms in total. The van der Waals surface area contributed by atoms with Crippen LogP contribution >= 0.6 is 0 Å². The second-order valence-corrected chi connectivity index (χ2v) is 5.15. The van der Waals surface area contributed by atoms with Crippen molar-refractivity contribution >= 4 is 11.7 Å². The van der Waals surface area contributed by atoms with E-state index in [9.17, 15) is 4.79 Å². The number of carbonyl (C=O) groups is 1. The fraction of sp³-hybridized carbons (Fsp3) is 0.353. The summed E-state index contributed by atoms with van der Waals surface area (Å²) in [4.78, 5) is 13.4. The van der Waals surface area contributed by atoms with Crippen molar-refractivity contribution in [3.8, 4) is 0 Å². The molecule has 0 saturated heterocycles. The summed E-state index contributed by atoms with van der Waals surface area (Å²) in [5.41, 5.74) is 4.72. The number of rotatable bonds is 5. The third-order valence-electron chi connectivity index (χ3n) is 3.60. The number of esters is 1. The summed E-state index contributed by atoms with van der Waals surface area (Å²) < 4.78 is 4.74. The van der Waals surface area contributed by atoms with Gasteiger partial charge in [0.15, 0.2) is 0 Å². The number of nitrogens with one attached hydrogen (secondary N) is 1. The minimum Gasteiger partial charge on any atom is -0.466 e. The topological polar surface area (TPSA) is 41.6 Å². The summed E-state index contributed by atoms with van der Waals surface area (Å²) in [6, 6.07) is 6.18. The van der Waals surface area contributed by atoms with Crippen molar-refractivity contribution in [3.63, 3.8) is 0 Å². The van der Waals surface area contributed by atoms with E-state index in [1.165, 1.54) is 12.7 Å². The fourth-order valence-electron chi connectivity index (χ4n) is 1.95. The van der Waals surface area contributed by atoms with E-state index in [1.54, 1.807) is 6.92 Å². The molecule has 0 fully saturated rings. The van der Waals surface area contributed by atoms with Crippen LogP contribution in [0.3, 0.4) is 0 Å². The van der Waals surface area contributed by atoms with Crippen LogP contribution in [-0.4, -0.2) is 25.0 Å². The zero-order valence-electron chi connectivity index (χ0n) is 13.7. The molecule has 0 amide bonds. The highest BCUT2D eigenvalue weighted by atomic mass is 16.5. The van der Waals surface area contributed by atoms with Crippen molar-refractivity contribution < 1.29 is 9.53 Å². The molecule has 0 unspecified atom stereocenters. The minimum atomic E-state index is -0.335. The van der Waals surface area contributed by atoms with E-state index in [0.717, 1.165) is 16.9 Å². The Morgan fingerprint density at radius 1 is 1.29 bits per heavy atom. The van der Waals surface area contributed by atoms with Crippen LogP contribution in [0, 0.1) is 13.8 Å². The molecular weight excluding hydrogens is 264 g/mol. The Balaban J connectivity index is 2.91. The van der Waals surface area contributed by atoms with Gasteiger partial charge in [0.1, 0.15) is 5.82 Å². The largest absolute Gasteiger partial charge is 0.466 e. The number of aryl methyl sites for hydroxylation is 2. The van der Waals surface area contributed by atoms with E-state index in [2.05, 4.69) is 24.9 Å². The van der Waals surface area contributed by atoms with Gasteiger partial charge in [-0.15, -0.1) is 0 Å². The molecule has 0 radical (unpaired) electrons. The maximum atomic E-state index is 11.6. The van der Waals surface area contributed by atoms with Gasteiger partial charge in [0.25, 0.3) is 0 Å². The fourth-order valence-corrected chi connectivity index (χ4v) is 1.95. The molecule has 0 aliphatic rings. The molecule has 4 heteroatoms. The Labute approximate surface area is 127 Å². The van der Waals surface area contributed by atoms with Crippen LogP contribution in [-0.2, 0) is 9.53 Å². The van der Waals surface area contributed by atoms with Gasteiger partial charge in [0.2, 0.25) is 0 Å². The van der Waals surface area contributed by atoms with Crippen LogP contribution in [0.4, 0.5) is 5.69 Å². The third-order valence-corrected chi connectivity index (χ3v) is 3.60. The maximum Gasteiger partial charge on any atom is 0.335 e. The number of ether oxygens (including phenoxy) is 1. The van der Waals surface area contributed by atoms with Crippen molar-refractivity contribution in [1.82, 2.24) is 4.90 Å². The molecule has 1 aromatic carbocycles. The number of hydrogen-bond acceptors (Lipinski definition) is 4. The van der Waals surface area contributed by atoms with Crippen LogP contribution in [0.2, 0.25) is 0 Å². The van der Waals surface area contributed by atoms with Gasteiger partial charge in [-0.3, -0.25) is 0 Å². The molecule has 0 aliphatic heterocycles. The molecule has 0 aliphatic carbocycles. The van der Waals surface area contributed by atoms with Gasteiger partial charge in [0.05, 0.1) is 12.7 Å². The third kappa shape index (κ3) is 4.12. The molecule has 0 atom stereocenters. The first-order chi connectivity index (χ1) is 9.77. The zero-order valence-corrected chi connectivity index (χ0v) is 13.7. The normalized spacial score (nSPS) is 11.5. The van der Waals surface area contributed by atoms with Gasteiger partial charge in [0, 0.05) is 18.4 Å². The van der Waals surface area contributed by atoms with Crippen LogP contribution in [0.15, 0.2) is 41.9 Å². The summed E-state index contributed by atoms with van der Waals surface area (Å²) in [5, 5.41) is 3.28. The molecule has 0 spiro atoms. The SMILES string of the molecule is C=C(Nc1ccc(C)cc1C)N(C)/C(C)=C(\C)C(=O)OC. The van der Waals surface area contributed by atoms with Crippen LogP contribution in [0.1, 0.15) is 25.0 Å². The number of methoxy groups -OCH3 is 1. The highest BCUT2D eigenvalue weighted by Crippen LogP contribution is 2.20. The molecule has 0 aromatic heterocycles. The maximum absolute atomic E-state index is 11.6. The molecule has 1 rings (SSSR count). The molecular formula is C17H24N2O2. The Kier molecular flexibility index (Phi) is 5.59. The van der Waals surface area contributed by atoms with Crippen molar-refractivity contribution in [3.05, 3.63) is 53.0 Å². The summed E-state index contributed by atoms with van der Waals surface area (Å²) >= 11 is 0. The van der Waals surface area contributed by atoms with Crippen molar-refractivity contribution in [2.75, 3.05) is 19.5 Å². The van der Waals surface area contributed by atoms with E-state index in [4.69, 9.17) is 4.74 Å². The summed E-state index contributed by atoms with van der Waals surface area (Å²) in [6.07, 6.45) is 0. The van der Waals surface area contributed by atoms with E-state index in [1.807, 2.05) is 37.9 Å².